The average molecular weight is 286 g/mol. The second-order valence-corrected chi connectivity index (χ2v) is 5.75. The molecule has 1 aliphatic heterocycles. The summed E-state index contributed by atoms with van der Waals surface area (Å²) in [6.45, 7) is 8.74. The van der Waals surface area contributed by atoms with Crippen LogP contribution in [0, 0.1) is 0 Å². The fraction of sp³-hybridized carbons (Fsp3) is 0.438. The van der Waals surface area contributed by atoms with E-state index in [1.165, 1.54) is 5.69 Å². The molecule has 0 amide bonds. The highest BCUT2D eigenvalue weighted by Crippen LogP contribution is 2.31. The van der Waals surface area contributed by atoms with Gasteiger partial charge in [0.25, 0.3) is 0 Å². The lowest BCUT2D eigenvalue weighted by atomic mass is 10.1. The van der Waals surface area contributed by atoms with E-state index in [1.54, 1.807) is 6.07 Å². The van der Waals surface area contributed by atoms with E-state index in [0.717, 1.165) is 37.4 Å². The molecule has 0 radical (unpaired) electrons. The summed E-state index contributed by atoms with van der Waals surface area (Å²) in [6, 6.07) is 10.7. The molecule has 0 aliphatic carbocycles. The van der Waals surface area contributed by atoms with Crippen molar-refractivity contribution in [3.8, 4) is 11.3 Å². The van der Waals surface area contributed by atoms with Crippen LogP contribution in [0.2, 0.25) is 0 Å². The van der Waals surface area contributed by atoms with Gasteiger partial charge in [-0.1, -0.05) is 23.4 Å². The Morgan fingerprint density at radius 2 is 1.86 bits per heavy atom. The standard InChI is InChI=1S/C16H22N4O/c1-12(2)19-7-9-20(10-8-19)15-6-4-3-5-13(15)14-11-16(17)21-18-14/h3-6,11-12H,7-10,17H2,1-2H3. The van der Waals surface area contributed by atoms with Crippen LogP contribution < -0.4 is 10.6 Å². The molecule has 1 saturated heterocycles. The van der Waals surface area contributed by atoms with Gasteiger partial charge in [0, 0.05) is 49.5 Å². The zero-order valence-electron chi connectivity index (χ0n) is 12.6. The largest absolute Gasteiger partial charge is 0.368 e. The van der Waals surface area contributed by atoms with Gasteiger partial charge in [-0.2, -0.15) is 0 Å². The number of nitrogens with zero attached hydrogens (tertiary/aromatic N) is 3. The van der Waals surface area contributed by atoms with Crippen molar-refractivity contribution in [3.05, 3.63) is 30.3 Å². The highest BCUT2D eigenvalue weighted by atomic mass is 16.5. The number of hydrogen-bond acceptors (Lipinski definition) is 5. The van der Waals surface area contributed by atoms with Crippen molar-refractivity contribution in [1.29, 1.82) is 0 Å². The van der Waals surface area contributed by atoms with Crippen molar-refractivity contribution in [2.45, 2.75) is 19.9 Å². The minimum absolute atomic E-state index is 0.351. The van der Waals surface area contributed by atoms with Gasteiger partial charge in [0.1, 0.15) is 5.69 Å². The van der Waals surface area contributed by atoms with E-state index < -0.39 is 0 Å². The Labute approximate surface area is 125 Å². The second-order valence-electron chi connectivity index (χ2n) is 5.75. The number of rotatable bonds is 3. The van der Waals surface area contributed by atoms with Crippen molar-refractivity contribution in [2.75, 3.05) is 36.8 Å². The maximum atomic E-state index is 5.65. The number of nitrogens with two attached hydrogens (primary N) is 1. The first-order valence-corrected chi connectivity index (χ1v) is 7.46. The van der Waals surface area contributed by atoms with Crippen LogP contribution in [0.25, 0.3) is 11.3 Å². The zero-order valence-corrected chi connectivity index (χ0v) is 12.6. The quantitative estimate of drug-likeness (QED) is 0.939. The van der Waals surface area contributed by atoms with Crippen LogP contribution in [-0.4, -0.2) is 42.3 Å². The van der Waals surface area contributed by atoms with Crippen LogP contribution in [0.5, 0.6) is 0 Å². The number of nitrogen functional groups attached to an aromatic ring is 1. The zero-order chi connectivity index (χ0) is 14.8. The van der Waals surface area contributed by atoms with E-state index in [4.69, 9.17) is 10.3 Å². The van der Waals surface area contributed by atoms with Gasteiger partial charge in [-0.25, -0.2) is 0 Å². The molecule has 0 saturated carbocycles. The highest BCUT2D eigenvalue weighted by molar-refractivity contribution is 5.77. The van der Waals surface area contributed by atoms with Crippen molar-refractivity contribution < 1.29 is 4.52 Å². The van der Waals surface area contributed by atoms with Gasteiger partial charge in [0.2, 0.25) is 5.88 Å². The Kier molecular flexibility index (Phi) is 3.84. The minimum atomic E-state index is 0.351. The molecule has 1 aliphatic rings. The van der Waals surface area contributed by atoms with E-state index in [0.29, 0.717) is 11.9 Å². The smallest absolute Gasteiger partial charge is 0.222 e. The summed E-state index contributed by atoms with van der Waals surface area (Å²) < 4.78 is 5.01. The summed E-state index contributed by atoms with van der Waals surface area (Å²) in [5, 5.41) is 4.05. The third-order valence-corrected chi connectivity index (χ3v) is 4.09. The third kappa shape index (κ3) is 2.88. The fourth-order valence-corrected chi connectivity index (χ4v) is 2.86. The minimum Gasteiger partial charge on any atom is -0.368 e. The van der Waals surface area contributed by atoms with Crippen molar-refractivity contribution in [2.24, 2.45) is 0 Å². The Morgan fingerprint density at radius 1 is 1.14 bits per heavy atom. The molecule has 5 nitrogen and oxygen atoms in total. The number of benzene rings is 1. The van der Waals surface area contributed by atoms with E-state index >= 15 is 0 Å². The SMILES string of the molecule is CC(C)N1CCN(c2ccccc2-c2cc(N)on2)CC1. The van der Waals surface area contributed by atoms with Gasteiger partial charge in [-0.05, 0) is 19.9 Å². The molecular weight excluding hydrogens is 264 g/mol. The lowest BCUT2D eigenvalue weighted by Gasteiger charge is -2.38. The number of para-hydroxylation sites is 1. The molecule has 5 heteroatoms. The van der Waals surface area contributed by atoms with Gasteiger partial charge in [0.15, 0.2) is 0 Å². The number of aromatic nitrogens is 1. The molecule has 1 aromatic heterocycles. The molecule has 0 bridgehead atoms. The summed E-state index contributed by atoms with van der Waals surface area (Å²) in [7, 11) is 0. The highest BCUT2D eigenvalue weighted by Gasteiger charge is 2.21. The number of piperazine rings is 1. The summed E-state index contributed by atoms with van der Waals surface area (Å²) in [5.74, 6) is 0.351. The first-order valence-electron chi connectivity index (χ1n) is 7.46. The van der Waals surface area contributed by atoms with Gasteiger partial charge < -0.3 is 15.2 Å². The summed E-state index contributed by atoms with van der Waals surface area (Å²) in [5.41, 5.74) is 8.73. The lowest BCUT2D eigenvalue weighted by Crippen LogP contribution is -2.49. The van der Waals surface area contributed by atoms with E-state index in [1.807, 2.05) is 6.07 Å². The van der Waals surface area contributed by atoms with E-state index in [-0.39, 0.29) is 0 Å². The molecule has 0 atom stereocenters. The maximum Gasteiger partial charge on any atom is 0.222 e. The van der Waals surface area contributed by atoms with Crippen molar-refractivity contribution in [3.63, 3.8) is 0 Å². The van der Waals surface area contributed by atoms with E-state index in [9.17, 15) is 0 Å². The molecule has 1 fully saturated rings. The molecule has 0 unspecified atom stereocenters. The van der Waals surface area contributed by atoms with Crippen LogP contribution in [0.3, 0.4) is 0 Å². The van der Waals surface area contributed by atoms with Crippen molar-refractivity contribution >= 4 is 11.6 Å². The van der Waals surface area contributed by atoms with Gasteiger partial charge in [-0.3, -0.25) is 4.90 Å². The topological polar surface area (TPSA) is 58.5 Å². The van der Waals surface area contributed by atoms with Crippen LogP contribution in [0.4, 0.5) is 11.6 Å². The van der Waals surface area contributed by atoms with Gasteiger partial charge in [0.05, 0.1) is 0 Å². The third-order valence-electron chi connectivity index (χ3n) is 4.09. The summed E-state index contributed by atoms with van der Waals surface area (Å²) >= 11 is 0. The monoisotopic (exact) mass is 286 g/mol. The summed E-state index contributed by atoms with van der Waals surface area (Å²) in [6.07, 6.45) is 0. The van der Waals surface area contributed by atoms with Crippen LogP contribution in [0.15, 0.2) is 34.9 Å². The fourth-order valence-electron chi connectivity index (χ4n) is 2.86. The predicted octanol–water partition coefficient (Wildman–Crippen LogP) is 2.45. The van der Waals surface area contributed by atoms with Crippen LogP contribution >= 0.6 is 0 Å². The first-order chi connectivity index (χ1) is 10.1. The van der Waals surface area contributed by atoms with Crippen LogP contribution in [-0.2, 0) is 0 Å². The Morgan fingerprint density at radius 3 is 2.48 bits per heavy atom. The molecular formula is C16H22N4O. The lowest BCUT2D eigenvalue weighted by molar-refractivity contribution is 0.209. The van der Waals surface area contributed by atoms with Gasteiger partial charge in [-0.15, -0.1) is 0 Å². The van der Waals surface area contributed by atoms with Crippen molar-refractivity contribution in [1.82, 2.24) is 10.1 Å². The Hall–Kier alpha value is -2.01. The Balaban J connectivity index is 1.83. The predicted molar refractivity (Wildman–Crippen MR) is 85.3 cm³/mol. The summed E-state index contributed by atoms with van der Waals surface area (Å²) in [4.78, 5) is 4.92. The molecule has 2 aromatic rings. The number of anilines is 2. The van der Waals surface area contributed by atoms with Gasteiger partial charge >= 0.3 is 0 Å². The Bertz CT molecular complexity index is 600. The van der Waals surface area contributed by atoms with E-state index in [2.05, 4.69) is 47.0 Å². The molecule has 3 rings (SSSR count). The molecule has 2 N–H and O–H groups in total. The van der Waals surface area contributed by atoms with Crippen LogP contribution in [0.1, 0.15) is 13.8 Å². The normalized spacial score (nSPS) is 16.6. The molecule has 0 spiro atoms. The number of hydrogen-bond donors (Lipinski definition) is 1. The maximum absolute atomic E-state index is 5.65. The molecule has 2 heterocycles. The molecule has 112 valence electrons. The first kappa shape index (κ1) is 13.9. The average Bonchev–Trinajstić information content (AvgIpc) is 2.94. The second kappa shape index (κ2) is 5.77. The molecule has 21 heavy (non-hydrogen) atoms. The molecule has 1 aromatic carbocycles.